The first-order chi connectivity index (χ1) is 10.7. The van der Waals surface area contributed by atoms with Gasteiger partial charge in [-0.1, -0.05) is 57.5 Å². The standard InChI is InChI=1S/C18H29NO3/c1-4-7-13-21-14-15-22-18(20)17(19(5-2)6-3)16-11-9-8-10-12-16/h8-12,17H,4-7,13-15H2,1-3H3. The predicted molar refractivity (Wildman–Crippen MR) is 88.8 cm³/mol. The molecule has 0 heterocycles. The Hall–Kier alpha value is -1.39. The normalized spacial score (nSPS) is 12.4. The quantitative estimate of drug-likeness (QED) is 0.464. The zero-order valence-corrected chi connectivity index (χ0v) is 14.1. The lowest BCUT2D eigenvalue weighted by atomic mass is 10.1. The fourth-order valence-corrected chi connectivity index (χ4v) is 2.35. The van der Waals surface area contributed by atoms with Gasteiger partial charge < -0.3 is 9.47 Å². The van der Waals surface area contributed by atoms with Crippen LogP contribution in [-0.4, -0.2) is 43.8 Å². The van der Waals surface area contributed by atoms with E-state index in [0.29, 0.717) is 13.2 Å². The molecule has 0 aliphatic heterocycles. The van der Waals surface area contributed by atoms with Gasteiger partial charge in [-0.3, -0.25) is 4.90 Å². The Kier molecular flexibility index (Phi) is 9.51. The highest BCUT2D eigenvalue weighted by atomic mass is 16.6. The van der Waals surface area contributed by atoms with Gasteiger partial charge in [-0.2, -0.15) is 0 Å². The smallest absolute Gasteiger partial charge is 0.328 e. The van der Waals surface area contributed by atoms with E-state index in [1.807, 2.05) is 30.3 Å². The zero-order valence-electron chi connectivity index (χ0n) is 14.1. The summed E-state index contributed by atoms with van der Waals surface area (Å²) in [4.78, 5) is 14.6. The number of carbonyl (C=O) groups is 1. The highest BCUT2D eigenvalue weighted by molar-refractivity contribution is 5.77. The summed E-state index contributed by atoms with van der Waals surface area (Å²) in [6.07, 6.45) is 2.15. The van der Waals surface area contributed by atoms with Gasteiger partial charge in [0.05, 0.1) is 6.61 Å². The first-order valence-corrected chi connectivity index (χ1v) is 8.27. The molecule has 0 N–H and O–H groups in total. The summed E-state index contributed by atoms with van der Waals surface area (Å²) in [6.45, 7) is 9.35. The number of likely N-dealkylation sites (N-methyl/N-ethyl adjacent to an activating group) is 1. The molecule has 0 aliphatic rings. The minimum Gasteiger partial charge on any atom is -0.462 e. The van der Waals surface area contributed by atoms with Crippen molar-refractivity contribution < 1.29 is 14.3 Å². The van der Waals surface area contributed by atoms with Gasteiger partial charge in [0.15, 0.2) is 0 Å². The van der Waals surface area contributed by atoms with Gasteiger partial charge in [-0.15, -0.1) is 0 Å². The molecule has 0 amide bonds. The molecular weight excluding hydrogens is 278 g/mol. The summed E-state index contributed by atoms with van der Waals surface area (Å²) < 4.78 is 10.9. The lowest BCUT2D eigenvalue weighted by Crippen LogP contribution is -2.35. The first-order valence-electron chi connectivity index (χ1n) is 8.27. The molecule has 1 unspecified atom stereocenters. The minimum absolute atomic E-state index is 0.200. The minimum atomic E-state index is -0.341. The summed E-state index contributed by atoms with van der Waals surface area (Å²) in [5.74, 6) is -0.200. The van der Waals surface area contributed by atoms with Gasteiger partial charge in [-0.25, -0.2) is 4.79 Å². The third-order valence-electron chi connectivity index (χ3n) is 3.63. The number of unbranched alkanes of at least 4 members (excludes halogenated alkanes) is 1. The van der Waals surface area contributed by atoms with Crippen LogP contribution in [0.4, 0.5) is 0 Å². The highest BCUT2D eigenvalue weighted by Gasteiger charge is 2.27. The molecule has 4 nitrogen and oxygen atoms in total. The van der Waals surface area contributed by atoms with Crippen molar-refractivity contribution in [3.63, 3.8) is 0 Å². The van der Waals surface area contributed by atoms with Crippen molar-refractivity contribution >= 4 is 5.97 Å². The number of hydrogen-bond donors (Lipinski definition) is 0. The van der Waals surface area contributed by atoms with Gasteiger partial charge in [0.1, 0.15) is 12.6 Å². The first kappa shape index (κ1) is 18.7. The van der Waals surface area contributed by atoms with E-state index in [1.54, 1.807) is 0 Å². The summed E-state index contributed by atoms with van der Waals surface area (Å²) >= 11 is 0. The van der Waals surface area contributed by atoms with Crippen LogP contribution in [0.5, 0.6) is 0 Å². The van der Waals surface area contributed by atoms with Gasteiger partial charge in [-0.05, 0) is 25.1 Å². The van der Waals surface area contributed by atoms with E-state index in [2.05, 4.69) is 25.7 Å². The summed E-state index contributed by atoms with van der Waals surface area (Å²) in [5, 5.41) is 0. The maximum Gasteiger partial charge on any atom is 0.328 e. The van der Waals surface area contributed by atoms with Crippen molar-refractivity contribution in [1.29, 1.82) is 0 Å². The van der Waals surface area contributed by atoms with Crippen LogP contribution in [0, 0.1) is 0 Å². The van der Waals surface area contributed by atoms with Crippen molar-refractivity contribution in [3.8, 4) is 0 Å². The Morgan fingerprint density at radius 1 is 1.05 bits per heavy atom. The van der Waals surface area contributed by atoms with Crippen LogP contribution in [0.3, 0.4) is 0 Å². The maximum atomic E-state index is 12.5. The van der Waals surface area contributed by atoms with Gasteiger partial charge in [0, 0.05) is 6.61 Å². The van der Waals surface area contributed by atoms with Gasteiger partial charge in [0.2, 0.25) is 0 Å². The maximum absolute atomic E-state index is 12.5. The Labute approximate surface area is 134 Å². The third kappa shape index (κ3) is 6.16. The zero-order chi connectivity index (χ0) is 16.2. The lowest BCUT2D eigenvalue weighted by Gasteiger charge is -2.28. The molecule has 1 aromatic rings. The molecule has 0 fully saturated rings. The Morgan fingerprint density at radius 2 is 1.73 bits per heavy atom. The second kappa shape index (κ2) is 11.2. The number of hydrogen-bond acceptors (Lipinski definition) is 4. The molecule has 0 spiro atoms. The Balaban J connectivity index is 2.57. The number of benzene rings is 1. The van der Waals surface area contributed by atoms with Crippen molar-refractivity contribution in [2.24, 2.45) is 0 Å². The van der Waals surface area contributed by atoms with E-state index < -0.39 is 0 Å². The van der Waals surface area contributed by atoms with Crippen LogP contribution in [0.15, 0.2) is 30.3 Å². The monoisotopic (exact) mass is 307 g/mol. The van der Waals surface area contributed by atoms with E-state index in [-0.39, 0.29) is 12.0 Å². The van der Waals surface area contributed by atoms with Crippen LogP contribution in [0.25, 0.3) is 0 Å². The largest absolute Gasteiger partial charge is 0.462 e. The van der Waals surface area contributed by atoms with Crippen molar-refractivity contribution in [1.82, 2.24) is 4.90 Å². The topological polar surface area (TPSA) is 38.8 Å². The van der Waals surface area contributed by atoms with Crippen LogP contribution in [0.1, 0.15) is 45.2 Å². The molecule has 4 heteroatoms. The third-order valence-corrected chi connectivity index (χ3v) is 3.63. The number of rotatable bonds is 11. The Bertz CT molecular complexity index is 404. The molecule has 0 aliphatic carbocycles. The average molecular weight is 307 g/mol. The summed E-state index contributed by atoms with van der Waals surface area (Å²) in [7, 11) is 0. The van der Waals surface area contributed by atoms with Crippen molar-refractivity contribution in [2.75, 3.05) is 32.9 Å². The molecule has 0 aromatic heterocycles. The summed E-state index contributed by atoms with van der Waals surface area (Å²) in [5.41, 5.74) is 0.975. The van der Waals surface area contributed by atoms with Crippen LogP contribution < -0.4 is 0 Å². The second-order valence-corrected chi connectivity index (χ2v) is 5.17. The summed E-state index contributed by atoms with van der Waals surface area (Å²) in [6, 6.07) is 9.46. The molecule has 0 radical (unpaired) electrons. The number of esters is 1. The molecular formula is C18H29NO3. The molecule has 124 valence electrons. The van der Waals surface area contributed by atoms with E-state index in [1.165, 1.54) is 0 Å². The van der Waals surface area contributed by atoms with Crippen molar-refractivity contribution in [3.05, 3.63) is 35.9 Å². The Morgan fingerprint density at radius 3 is 2.32 bits per heavy atom. The molecule has 1 atom stereocenters. The fraction of sp³-hybridized carbons (Fsp3) is 0.611. The van der Waals surface area contributed by atoms with Gasteiger partial charge in [0.25, 0.3) is 0 Å². The van der Waals surface area contributed by atoms with E-state index in [9.17, 15) is 4.79 Å². The van der Waals surface area contributed by atoms with Crippen molar-refractivity contribution in [2.45, 2.75) is 39.7 Å². The molecule has 0 saturated carbocycles. The van der Waals surface area contributed by atoms with E-state index in [4.69, 9.17) is 9.47 Å². The van der Waals surface area contributed by atoms with Crippen LogP contribution >= 0.6 is 0 Å². The molecule has 0 bridgehead atoms. The molecule has 1 aromatic carbocycles. The van der Waals surface area contributed by atoms with E-state index in [0.717, 1.165) is 38.1 Å². The fourth-order valence-electron chi connectivity index (χ4n) is 2.35. The second-order valence-electron chi connectivity index (χ2n) is 5.17. The number of nitrogens with zero attached hydrogens (tertiary/aromatic N) is 1. The molecule has 22 heavy (non-hydrogen) atoms. The number of carbonyl (C=O) groups excluding carboxylic acids is 1. The van der Waals surface area contributed by atoms with Gasteiger partial charge >= 0.3 is 5.97 Å². The highest BCUT2D eigenvalue weighted by Crippen LogP contribution is 2.21. The number of ether oxygens (including phenoxy) is 2. The van der Waals surface area contributed by atoms with Crippen LogP contribution in [0.2, 0.25) is 0 Å². The van der Waals surface area contributed by atoms with Crippen LogP contribution in [-0.2, 0) is 14.3 Å². The lowest BCUT2D eigenvalue weighted by molar-refractivity contribution is -0.152. The van der Waals surface area contributed by atoms with E-state index >= 15 is 0 Å². The SMILES string of the molecule is CCCCOCCOC(=O)C(c1ccccc1)N(CC)CC. The molecule has 1 rings (SSSR count). The predicted octanol–water partition coefficient (Wildman–Crippen LogP) is 3.43. The molecule has 0 saturated heterocycles. The average Bonchev–Trinajstić information content (AvgIpc) is 2.56.